The van der Waals surface area contributed by atoms with E-state index in [1.807, 2.05) is 47.0 Å². The van der Waals surface area contributed by atoms with Gasteiger partial charge in [0.1, 0.15) is 12.5 Å². The van der Waals surface area contributed by atoms with Gasteiger partial charge < -0.3 is 9.47 Å². The Morgan fingerprint density at radius 3 is 1.70 bits per heavy atom. The topological polar surface area (TPSA) is 18.5 Å². The molecule has 0 aromatic rings. The molecule has 0 spiro atoms. The molecule has 4 aliphatic rings. The fourth-order valence-corrected chi connectivity index (χ4v) is 11.4. The minimum absolute atomic E-state index is 0.101. The summed E-state index contributed by atoms with van der Waals surface area (Å²) in [4.78, 5) is 0. The number of ether oxygens (including phenoxy) is 2. The third kappa shape index (κ3) is 2.65. The molecule has 0 aliphatic carbocycles. The highest BCUT2D eigenvalue weighted by Crippen LogP contribution is 2.66. The average Bonchev–Trinajstić information content (AvgIpc) is 3.02. The average molecular weight is 381 g/mol. The second kappa shape index (κ2) is 5.85. The van der Waals surface area contributed by atoms with E-state index >= 15 is 0 Å². The van der Waals surface area contributed by atoms with Crippen LogP contribution in [0.2, 0.25) is 0 Å². The van der Waals surface area contributed by atoms with E-state index < -0.39 is 0 Å². The Hall–Kier alpha value is 0.920. The zero-order chi connectivity index (χ0) is 13.7. The molecule has 108 valence electrons. The van der Waals surface area contributed by atoms with Gasteiger partial charge in [-0.15, -0.1) is 23.5 Å². The largest absolute Gasteiger partial charge is 0.479 e. The van der Waals surface area contributed by atoms with Gasteiger partial charge in [-0.3, -0.25) is 0 Å². The van der Waals surface area contributed by atoms with E-state index in [0.29, 0.717) is 10.5 Å². The van der Waals surface area contributed by atoms with Crippen molar-refractivity contribution in [1.82, 2.24) is 0 Å². The highest BCUT2D eigenvalue weighted by molar-refractivity contribution is 8.43. The smallest absolute Gasteiger partial charge is 0.195 e. The maximum Gasteiger partial charge on any atom is 0.195 e. The molecule has 4 heterocycles. The lowest BCUT2D eigenvalue weighted by Crippen LogP contribution is -2.21. The summed E-state index contributed by atoms with van der Waals surface area (Å²) in [6.45, 7) is 4.65. The summed E-state index contributed by atoms with van der Waals surface area (Å²) in [5.74, 6) is 0. The van der Waals surface area contributed by atoms with Crippen LogP contribution < -0.4 is 0 Å². The molecular formula is C12H12O2S6. The van der Waals surface area contributed by atoms with Crippen LogP contribution in [0.1, 0.15) is 13.8 Å². The molecule has 1 fully saturated rings. The molecule has 8 heteroatoms. The van der Waals surface area contributed by atoms with E-state index in [1.165, 1.54) is 16.9 Å². The molecule has 4 atom stereocenters. The first-order valence-electron chi connectivity index (χ1n) is 6.17. The van der Waals surface area contributed by atoms with E-state index in [9.17, 15) is 0 Å². The monoisotopic (exact) mass is 380 g/mol. The van der Waals surface area contributed by atoms with Crippen LogP contribution in [-0.2, 0) is 9.47 Å². The first-order valence-corrected chi connectivity index (χ1v) is 11.3. The van der Waals surface area contributed by atoms with E-state index in [1.54, 1.807) is 36.0 Å². The zero-order valence-electron chi connectivity index (χ0n) is 10.7. The minimum Gasteiger partial charge on any atom is -0.479 e. The van der Waals surface area contributed by atoms with Gasteiger partial charge in [0, 0.05) is 10.5 Å². The molecule has 0 N–H and O–H groups in total. The van der Waals surface area contributed by atoms with Crippen LogP contribution in [0.15, 0.2) is 29.5 Å². The van der Waals surface area contributed by atoms with Crippen molar-refractivity contribution >= 4 is 70.6 Å². The fourth-order valence-electron chi connectivity index (χ4n) is 1.88. The normalized spacial score (nSPS) is 39.5. The maximum atomic E-state index is 5.60. The molecule has 4 rings (SSSR count). The molecule has 0 amide bonds. The van der Waals surface area contributed by atoms with Crippen molar-refractivity contribution < 1.29 is 9.47 Å². The van der Waals surface area contributed by atoms with Gasteiger partial charge in [0.05, 0.1) is 16.9 Å². The van der Waals surface area contributed by atoms with Gasteiger partial charge in [0.25, 0.3) is 0 Å². The Bertz CT molecular complexity index is 486. The number of rotatable bonds is 0. The van der Waals surface area contributed by atoms with Crippen molar-refractivity contribution in [3.63, 3.8) is 0 Å². The summed E-state index contributed by atoms with van der Waals surface area (Å²) in [5, 5.41) is 1.39. The Labute approximate surface area is 144 Å². The van der Waals surface area contributed by atoms with E-state index in [2.05, 4.69) is 13.8 Å². The molecule has 0 radical (unpaired) electrons. The zero-order valence-corrected chi connectivity index (χ0v) is 15.6. The molecule has 1 saturated heterocycles. The summed E-state index contributed by atoms with van der Waals surface area (Å²) < 4.78 is 17.0. The van der Waals surface area contributed by atoms with E-state index in [-0.39, 0.29) is 10.9 Å². The van der Waals surface area contributed by atoms with Crippen LogP contribution in [-0.4, -0.2) is 21.4 Å². The quantitative estimate of drug-likeness (QED) is 0.531. The molecule has 20 heavy (non-hydrogen) atoms. The van der Waals surface area contributed by atoms with Crippen molar-refractivity contribution in [3.8, 4) is 0 Å². The molecule has 0 bridgehead atoms. The molecular weight excluding hydrogens is 369 g/mol. The standard InChI is InChI=1S/C12H12O2S6/c1-5-6(2)16-10-9(15-5)19-12(20-10)11-17-7-8(18-11)14-4-3-13-7/h3-8H,1-2H3/t5-,6-,7?,8?/m0/s1. The number of fused-ring (bicyclic) bond motifs is 1. The maximum absolute atomic E-state index is 5.60. The first-order chi connectivity index (χ1) is 9.70. The molecule has 0 aromatic carbocycles. The molecule has 2 unspecified atom stereocenters. The number of hydrogen-bond donors (Lipinski definition) is 0. The van der Waals surface area contributed by atoms with Crippen LogP contribution in [0, 0.1) is 0 Å². The van der Waals surface area contributed by atoms with Gasteiger partial charge in [-0.25, -0.2) is 0 Å². The summed E-state index contributed by atoms with van der Waals surface area (Å²) in [6.07, 6.45) is 3.30. The second-order valence-corrected chi connectivity index (χ2v) is 12.6. The van der Waals surface area contributed by atoms with Crippen LogP contribution in [0.4, 0.5) is 0 Å². The van der Waals surface area contributed by atoms with Gasteiger partial charge in [0.15, 0.2) is 10.9 Å². The third-order valence-corrected chi connectivity index (χ3v) is 12.6. The lowest BCUT2D eigenvalue weighted by molar-refractivity contribution is 0.0676. The third-order valence-electron chi connectivity index (χ3n) is 3.10. The Kier molecular flexibility index (Phi) is 4.24. The summed E-state index contributed by atoms with van der Waals surface area (Å²) in [5.41, 5.74) is 0.203. The van der Waals surface area contributed by atoms with Crippen molar-refractivity contribution in [3.05, 3.63) is 29.5 Å². The van der Waals surface area contributed by atoms with Crippen LogP contribution in [0.3, 0.4) is 0 Å². The SMILES string of the molecule is C[C@@H]1SC2=C(SC(=C3SC4OC=COC4S3)S2)S[C@H]1C. The molecule has 0 aromatic heterocycles. The van der Waals surface area contributed by atoms with Gasteiger partial charge in [-0.2, -0.15) is 0 Å². The van der Waals surface area contributed by atoms with Crippen LogP contribution in [0.5, 0.6) is 0 Å². The van der Waals surface area contributed by atoms with E-state index in [4.69, 9.17) is 9.47 Å². The summed E-state index contributed by atoms with van der Waals surface area (Å²) in [7, 11) is 0. The molecule has 0 saturated carbocycles. The lowest BCUT2D eigenvalue weighted by atomic mass is 10.4. The predicted octanol–water partition coefficient (Wildman–Crippen LogP) is 5.63. The highest BCUT2D eigenvalue weighted by atomic mass is 32.3. The molecule has 2 nitrogen and oxygen atoms in total. The summed E-state index contributed by atoms with van der Waals surface area (Å²) in [6, 6.07) is 0. The van der Waals surface area contributed by atoms with Crippen molar-refractivity contribution in [2.75, 3.05) is 0 Å². The van der Waals surface area contributed by atoms with Gasteiger partial charge in [0.2, 0.25) is 0 Å². The Balaban J connectivity index is 1.51. The number of thioether (sulfide) groups is 6. The van der Waals surface area contributed by atoms with Crippen molar-refractivity contribution in [2.24, 2.45) is 0 Å². The van der Waals surface area contributed by atoms with Crippen molar-refractivity contribution in [1.29, 1.82) is 0 Å². The Morgan fingerprint density at radius 2 is 1.20 bits per heavy atom. The van der Waals surface area contributed by atoms with Gasteiger partial charge >= 0.3 is 0 Å². The Morgan fingerprint density at radius 1 is 0.700 bits per heavy atom. The second-order valence-electron chi connectivity index (χ2n) is 4.52. The minimum atomic E-state index is 0.101. The lowest BCUT2D eigenvalue weighted by Gasteiger charge is -2.24. The van der Waals surface area contributed by atoms with Gasteiger partial charge in [-0.05, 0) is 0 Å². The van der Waals surface area contributed by atoms with Crippen molar-refractivity contribution in [2.45, 2.75) is 35.2 Å². The van der Waals surface area contributed by atoms with Gasteiger partial charge in [-0.1, -0.05) is 60.9 Å². The molecule has 4 aliphatic heterocycles. The van der Waals surface area contributed by atoms with Crippen LogP contribution in [0.25, 0.3) is 0 Å². The fraction of sp³-hybridized carbons (Fsp3) is 0.500. The van der Waals surface area contributed by atoms with E-state index in [0.717, 1.165) is 0 Å². The predicted molar refractivity (Wildman–Crippen MR) is 97.4 cm³/mol. The number of hydrogen-bond acceptors (Lipinski definition) is 8. The van der Waals surface area contributed by atoms with Crippen LogP contribution >= 0.6 is 70.6 Å². The summed E-state index contributed by atoms with van der Waals surface area (Å²) >= 11 is 11.5. The highest BCUT2D eigenvalue weighted by Gasteiger charge is 2.41. The first kappa shape index (κ1) is 14.5.